The largest absolute Gasteiger partial charge is 0.496 e. The highest BCUT2D eigenvalue weighted by Crippen LogP contribution is 2.42. The molecule has 3 rings (SSSR count). The van der Waals surface area contributed by atoms with Crippen LogP contribution >= 0.6 is 0 Å². The Labute approximate surface area is 122 Å². The molecular weight excluding hydrogens is 272 g/mol. The van der Waals surface area contributed by atoms with E-state index in [-0.39, 0.29) is 30.5 Å². The van der Waals surface area contributed by atoms with E-state index in [1.807, 2.05) is 19.1 Å². The van der Waals surface area contributed by atoms with E-state index in [2.05, 4.69) is 0 Å². The first-order valence-corrected chi connectivity index (χ1v) is 6.86. The molecule has 2 aliphatic rings. The van der Waals surface area contributed by atoms with E-state index in [9.17, 15) is 14.7 Å². The van der Waals surface area contributed by atoms with E-state index in [1.54, 1.807) is 18.0 Å². The quantitative estimate of drug-likeness (QED) is 0.628. The number of aliphatic hydroxyl groups is 1. The number of rotatable bonds is 4. The van der Waals surface area contributed by atoms with Gasteiger partial charge in [0.05, 0.1) is 19.8 Å². The number of aliphatic hydroxyl groups excluding tert-OH is 1. The first-order valence-electron chi connectivity index (χ1n) is 6.86. The molecule has 0 bridgehead atoms. The van der Waals surface area contributed by atoms with Crippen molar-refractivity contribution in [2.75, 3.05) is 20.8 Å². The topological polar surface area (TPSA) is 69.9 Å². The van der Waals surface area contributed by atoms with Crippen LogP contribution in [0.25, 0.3) is 0 Å². The van der Waals surface area contributed by atoms with Crippen LogP contribution in [0.2, 0.25) is 0 Å². The molecule has 2 saturated heterocycles. The van der Waals surface area contributed by atoms with Crippen LogP contribution in [0.15, 0.2) is 18.2 Å². The Kier molecular flexibility index (Phi) is 3.22. The van der Waals surface area contributed by atoms with Gasteiger partial charge in [-0.25, -0.2) is 0 Å². The molecule has 6 nitrogen and oxygen atoms in total. The first-order chi connectivity index (χ1) is 10.0. The Hall–Kier alpha value is -1.92. The lowest BCUT2D eigenvalue weighted by atomic mass is 9.99. The third-order valence-corrected chi connectivity index (χ3v) is 4.39. The zero-order chi connectivity index (χ0) is 15.3. The van der Waals surface area contributed by atoms with Crippen molar-refractivity contribution in [2.45, 2.75) is 25.0 Å². The van der Waals surface area contributed by atoms with Gasteiger partial charge in [0.15, 0.2) is 0 Å². The highest BCUT2D eigenvalue weighted by molar-refractivity contribution is 6.13. The monoisotopic (exact) mass is 290 g/mol. The Bertz CT molecular complexity index is 594. The van der Waals surface area contributed by atoms with Gasteiger partial charge < -0.3 is 9.84 Å². The molecule has 2 amide bonds. The molecule has 1 N–H and O–H groups in total. The van der Waals surface area contributed by atoms with Crippen LogP contribution in [0, 0.1) is 6.92 Å². The number of likely N-dealkylation sites (N-methyl/N-ethyl adjacent to an activating group) is 1. The fourth-order valence-electron chi connectivity index (χ4n) is 3.22. The van der Waals surface area contributed by atoms with Crippen molar-refractivity contribution in [1.82, 2.24) is 9.80 Å². The van der Waals surface area contributed by atoms with Crippen LogP contribution in [0.5, 0.6) is 5.75 Å². The molecule has 1 aromatic rings. The molecule has 6 heteroatoms. The third-order valence-electron chi connectivity index (χ3n) is 4.39. The summed E-state index contributed by atoms with van der Waals surface area (Å²) in [5, 5.41) is 9.77. The van der Waals surface area contributed by atoms with Gasteiger partial charge in [0.2, 0.25) is 11.8 Å². The van der Waals surface area contributed by atoms with Crippen molar-refractivity contribution in [3.63, 3.8) is 0 Å². The zero-order valence-electron chi connectivity index (χ0n) is 12.2. The van der Waals surface area contributed by atoms with Crippen LogP contribution < -0.4 is 4.74 Å². The maximum atomic E-state index is 12.4. The molecule has 0 aromatic heterocycles. The van der Waals surface area contributed by atoms with Crippen LogP contribution in [-0.2, 0) is 9.59 Å². The highest BCUT2D eigenvalue weighted by Gasteiger charge is 2.65. The van der Waals surface area contributed by atoms with Crippen LogP contribution in [-0.4, -0.2) is 59.6 Å². The number of imide groups is 1. The minimum atomic E-state index is -0.692. The molecule has 1 aromatic carbocycles. The number of hydrogen-bond donors (Lipinski definition) is 1. The molecular formula is C15H18N2O4. The maximum absolute atomic E-state index is 12.4. The number of benzene rings is 1. The fraction of sp³-hybridized carbons (Fsp3) is 0.467. The summed E-state index contributed by atoms with van der Waals surface area (Å²) < 4.78 is 5.33. The van der Waals surface area contributed by atoms with Gasteiger partial charge in [0.25, 0.3) is 0 Å². The summed E-state index contributed by atoms with van der Waals surface area (Å²) in [6, 6.07) is 4.07. The van der Waals surface area contributed by atoms with Gasteiger partial charge in [-0.15, -0.1) is 0 Å². The minimum Gasteiger partial charge on any atom is -0.496 e. The predicted octanol–water partition coefficient (Wildman–Crippen LogP) is 0.0884. The molecule has 21 heavy (non-hydrogen) atoms. The molecule has 3 unspecified atom stereocenters. The first kappa shape index (κ1) is 14.0. The molecule has 2 fully saturated rings. The van der Waals surface area contributed by atoms with E-state index in [1.165, 1.54) is 12.0 Å². The van der Waals surface area contributed by atoms with Crippen LogP contribution in [0.1, 0.15) is 17.2 Å². The average Bonchev–Trinajstić information content (AvgIpc) is 3.06. The molecule has 2 heterocycles. The number of aryl methyl sites for hydroxylation is 1. The Morgan fingerprint density at radius 1 is 1.29 bits per heavy atom. The van der Waals surface area contributed by atoms with Gasteiger partial charge in [-0.05, 0) is 25.6 Å². The summed E-state index contributed by atoms with van der Waals surface area (Å²) in [5.41, 5.74) is 1.57. The Balaban J connectivity index is 2.01. The number of fused-ring (bicyclic) bond motifs is 1. The smallest absolute Gasteiger partial charge is 0.249 e. The summed E-state index contributed by atoms with van der Waals surface area (Å²) in [5.74, 6) is 0.0947. The second-order valence-electron chi connectivity index (χ2n) is 5.49. The molecule has 112 valence electrons. The minimum absolute atomic E-state index is 0.239. The number of carbonyl (C=O) groups excluding carboxylic acids is 2. The van der Waals surface area contributed by atoms with Crippen molar-refractivity contribution in [3.8, 4) is 5.75 Å². The molecule has 0 radical (unpaired) electrons. The maximum Gasteiger partial charge on any atom is 0.249 e. The number of ether oxygens (including phenoxy) is 1. The predicted molar refractivity (Wildman–Crippen MR) is 74.7 cm³/mol. The summed E-state index contributed by atoms with van der Waals surface area (Å²) in [6.45, 7) is 1.56. The summed E-state index contributed by atoms with van der Waals surface area (Å²) in [7, 11) is 3.29. The van der Waals surface area contributed by atoms with Gasteiger partial charge in [-0.2, -0.15) is 0 Å². The van der Waals surface area contributed by atoms with Gasteiger partial charge in [0.1, 0.15) is 17.8 Å². The number of amides is 2. The third kappa shape index (κ3) is 1.86. The second-order valence-corrected chi connectivity index (χ2v) is 5.49. The summed E-state index contributed by atoms with van der Waals surface area (Å²) in [4.78, 5) is 27.7. The molecule has 0 saturated carbocycles. The lowest BCUT2D eigenvalue weighted by Crippen LogP contribution is -2.42. The fourth-order valence-corrected chi connectivity index (χ4v) is 3.22. The van der Waals surface area contributed by atoms with Gasteiger partial charge in [0, 0.05) is 5.56 Å². The zero-order valence-corrected chi connectivity index (χ0v) is 12.2. The standard InChI is InChI=1S/C15H18N2O4/c1-8-5-4-6-10(21-3)11(8)9(7-18)17-14(19)12-13(15(17)20)16(12)2/h4-6,9,12-13,18H,7H2,1-3H3. The molecule has 0 spiro atoms. The average molecular weight is 290 g/mol. The van der Waals surface area contributed by atoms with E-state index in [0.717, 1.165) is 5.56 Å². The Morgan fingerprint density at radius 3 is 2.43 bits per heavy atom. The van der Waals surface area contributed by atoms with Crippen molar-refractivity contribution in [1.29, 1.82) is 0 Å². The van der Waals surface area contributed by atoms with Crippen LogP contribution in [0.4, 0.5) is 0 Å². The lowest BCUT2D eigenvalue weighted by Gasteiger charge is -2.29. The van der Waals surface area contributed by atoms with E-state index in [4.69, 9.17) is 4.74 Å². The molecule has 2 aliphatic heterocycles. The number of likely N-dealkylation sites (tertiary alicyclic amines) is 1. The highest BCUT2D eigenvalue weighted by atomic mass is 16.5. The number of hydrogen-bond acceptors (Lipinski definition) is 5. The van der Waals surface area contributed by atoms with Gasteiger partial charge in [-0.1, -0.05) is 12.1 Å². The number of piperazine rings is 1. The normalized spacial score (nSPS) is 28.6. The van der Waals surface area contributed by atoms with E-state index in [0.29, 0.717) is 11.3 Å². The number of nitrogens with zero attached hydrogens (tertiary/aromatic N) is 2. The van der Waals surface area contributed by atoms with Crippen molar-refractivity contribution in [3.05, 3.63) is 29.3 Å². The summed E-state index contributed by atoms with van der Waals surface area (Å²) >= 11 is 0. The van der Waals surface area contributed by atoms with Gasteiger partial charge in [-0.3, -0.25) is 19.4 Å². The van der Waals surface area contributed by atoms with Crippen molar-refractivity contribution < 1.29 is 19.4 Å². The van der Waals surface area contributed by atoms with Crippen molar-refractivity contribution >= 4 is 11.8 Å². The summed E-state index contributed by atoms with van der Waals surface area (Å²) in [6.07, 6.45) is 0. The van der Waals surface area contributed by atoms with Crippen LogP contribution in [0.3, 0.4) is 0 Å². The van der Waals surface area contributed by atoms with Crippen molar-refractivity contribution in [2.24, 2.45) is 0 Å². The lowest BCUT2D eigenvalue weighted by molar-refractivity contribution is -0.146. The Morgan fingerprint density at radius 2 is 1.90 bits per heavy atom. The molecule has 3 atom stereocenters. The van der Waals surface area contributed by atoms with Gasteiger partial charge >= 0.3 is 0 Å². The number of methoxy groups -OCH3 is 1. The SMILES string of the molecule is COc1cccc(C)c1C(CO)N1C(=O)C2C(C1=O)N2C. The van der Waals surface area contributed by atoms with E-state index >= 15 is 0 Å². The second kappa shape index (κ2) is 4.82. The molecule has 0 aliphatic carbocycles. The number of carbonyl (C=O) groups is 2. The van der Waals surface area contributed by atoms with E-state index < -0.39 is 6.04 Å².